The second-order valence-electron chi connectivity index (χ2n) is 7.61. The van der Waals surface area contributed by atoms with Gasteiger partial charge in [0.2, 0.25) is 0 Å². The Labute approximate surface area is 202 Å². The van der Waals surface area contributed by atoms with Crippen LogP contribution < -0.4 is 19.1 Å². The molecule has 0 aliphatic carbocycles. The van der Waals surface area contributed by atoms with Gasteiger partial charge in [-0.3, -0.25) is 14.5 Å². The fourth-order valence-electron chi connectivity index (χ4n) is 4.20. The molecule has 0 spiro atoms. The highest BCUT2D eigenvalue weighted by atomic mass is 16.5. The molecule has 1 aliphatic rings. The molecule has 1 fully saturated rings. The zero-order chi connectivity index (χ0) is 25.1. The van der Waals surface area contributed by atoms with E-state index in [2.05, 4.69) is 0 Å². The number of rotatable bonds is 6. The largest absolute Gasteiger partial charge is 0.506 e. The van der Waals surface area contributed by atoms with E-state index in [9.17, 15) is 14.7 Å². The van der Waals surface area contributed by atoms with Gasteiger partial charge in [0.25, 0.3) is 11.7 Å². The number of methoxy groups -OCH3 is 3. The zero-order valence-corrected chi connectivity index (χ0v) is 19.3. The molecule has 3 aromatic carbocycles. The number of hydrogen-bond acceptors (Lipinski definition) is 7. The van der Waals surface area contributed by atoms with Crippen molar-refractivity contribution in [1.82, 2.24) is 0 Å². The molecule has 3 aromatic rings. The number of amides is 1. The van der Waals surface area contributed by atoms with Crippen LogP contribution in [0, 0.1) is 11.3 Å². The second-order valence-corrected chi connectivity index (χ2v) is 7.61. The lowest BCUT2D eigenvalue weighted by molar-refractivity contribution is -0.132. The summed E-state index contributed by atoms with van der Waals surface area (Å²) in [4.78, 5) is 28.1. The quantitative estimate of drug-likeness (QED) is 0.326. The van der Waals surface area contributed by atoms with E-state index in [1.807, 2.05) is 6.07 Å². The fraction of sp³-hybridized carbons (Fsp3) is 0.148. The SMILES string of the molecule is COc1ccccc1C1/C(=C(\O)c2c(OC)cccc2OC)C(=O)C(=O)N1c1ccc(C#N)cc1. The molecule has 8 heteroatoms. The molecule has 176 valence electrons. The normalized spacial score (nSPS) is 16.6. The van der Waals surface area contributed by atoms with Crippen molar-refractivity contribution in [1.29, 1.82) is 5.26 Å². The summed E-state index contributed by atoms with van der Waals surface area (Å²) in [6.45, 7) is 0. The van der Waals surface area contributed by atoms with Crippen molar-refractivity contribution in [3.63, 3.8) is 0 Å². The maximum Gasteiger partial charge on any atom is 0.300 e. The van der Waals surface area contributed by atoms with Gasteiger partial charge in [-0.15, -0.1) is 0 Å². The van der Waals surface area contributed by atoms with E-state index in [0.717, 1.165) is 0 Å². The first-order valence-corrected chi connectivity index (χ1v) is 10.6. The van der Waals surface area contributed by atoms with Crippen molar-refractivity contribution in [3.8, 4) is 23.3 Å². The monoisotopic (exact) mass is 470 g/mol. The molecule has 0 aromatic heterocycles. The molecule has 1 saturated heterocycles. The Balaban J connectivity index is 2.03. The minimum atomic E-state index is -1.02. The number of Topliss-reactive ketones (excluding diaryl/α,β-unsaturated/α-hetero) is 1. The van der Waals surface area contributed by atoms with Crippen LogP contribution in [-0.4, -0.2) is 38.1 Å². The van der Waals surface area contributed by atoms with E-state index < -0.39 is 23.5 Å². The third-order valence-corrected chi connectivity index (χ3v) is 5.82. The fourth-order valence-corrected chi connectivity index (χ4v) is 4.20. The van der Waals surface area contributed by atoms with Crippen LogP contribution in [0.15, 0.2) is 72.3 Å². The van der Waals surface area contributed by atoms with E-state index in [4.69, 9.17) is 19.5 Å². The highest BCUT2D eigenvalue weighted by Crippen LogP contribution is 2.47. The average Bonchev–Trinajstić information content (AvgIpc) is 3.17. The van der Waals surface area contributed by atoms with E-state index in [1.54, 1.807) is 66.7 Å². The van der Waals surface area contributed by atoms with Gasteiger partial charge >= 0.3 is 0 Å². The topological polar surface area (TPSA) is 109 Å². The van der Waals surface area contributed by atoms with E-state index >= 15 is 0 Å². The molecule has 0 bridgehead atoms. The van der Waals surface area contributed by atoms with Crippen molar-refractivity contribution in [2.24, 2.45) is 0 Å². The van der Waals surface area contributed by atoms with Gasteiger partial charge in [0.15, 0.2) is 0 Å². The molecule has 1 N–H and O–H groups in total. The first kappa shape index (κ1) is 23.4. The number of aliphatic hydroxyl groups is 1. The third-order valence-electron chi connectivity index (χ3n) is 5.82. The van der Waals surface area contributed by atoms with E-state index in [0.29, 0.717) is 22.6 Å². The third kappa shape index (κ3) is 3.93. The molecule has 0 radical (unpaired) electrons. The Bertz CT molecular complexity index is 1350. The first-order chi connectivity index (χ1) is 17.0. The van der Waals surface area contributed by atoms with Crippen LogP contribution in [-0.2, 0) is 9.59 Å². The van der Waals surface area contributed by atoms with Crippen molar-refractivity contribution in [2.75, 3.05) is 26.2 Å². The number of ether oxygens (including phenoxy) is 3. The zero-order valence-electron chi connectivity index (χ0n) is 19.3. The second kappa shape index (κ2) is 9.61. The van der Waals surface area contributed by atoms with Crippen molar-refractivity contribution >= 4 is 23.1 Å². The Hall–Kier alpha value is -4.77. The number of anilines is 1. The lowest BCUT2D eigenvalue weighted by Crippen LogP contribution is -2.29. The number of carbonyl (C=O) groups excluding carboxylic acids is 2. The van der Waals surface area contributed by atoms with Gasteiger partial charge in [-0.2, -0.15) is 5.26 Å². The van der Waals surface area contributed by atoms with Gasteiger partial charge < -0.3 is 19.3 Å². The minimum Gasteiger partial charge on any atom is -0.506 e. The molecule has 1 aliphatic heterocycles. The van der Waals surface area contributed by atoms with Crippen molar-refractivity contribution < 1.29 is 28.9 Å². The summed E-state index contributed by atoms with van der Waals surface area (Å²) >= 11 is 0. The number of aliphatic hydroxyl groups excluding tert-OH is 1. The summed E-state index contributed by atoms with van der Waals surface area (Å²) in [5.41, 5.74) is 1.28. The number of hydrogen-bond donors (Lipinski definition) is 1. The van der Waals surface area contributed by atoms with Gasteiger partial charge in [0.1, 0.15) is 28.6 Å². The standard InChI is InChI=1S/C27H22N2O6/c1-33-19-8-5-4-7-18(19)24-23(25(30)22-20(34-2)9-6-10-21(22)35-3)26(31)27(32)29(24)17-13-11-16(15-28)12-14-17/h4-14,24,30H,1-3H3/b25-23+. The van der Waals surface area contributed by atoms with Gasteiger partial charge in [-0.1, -0.05) is 24.3 Å². The number of ketones is 1. The summed E-state index contributed by atoms with van der Waals surface area (Å²) < 4.78 is 16.4. The number of nitrogens with zero attached hydrogens (tertiary/aromatic N) is 2. The molecule has 4 rings (SSSR count). The smallest absolute Gasteiger partial charge is 0.300 e. The highest BCUT2D eigenvalue weighted by molar-refractivity contribution is 6.51. The molecule has 1 atom stereocenters. The Morgan fingerprint density at radius 1 is 0.857 bits per heavy atom. The molecule has 35 heavy (non-hydrogen) atoms. The Morgan fingerprint density at radius 2 is 1.43 bits per heavy atom. The predicted molar refractivity (Wildman–Crippen MR) is 128 cm³/mol. The Morgan fingerprint density at radius 3 is 2.00 bits per heavy atom. The van der Waals surface area contributed by atoms with Crippen LogP contribution in [0.1, 0.15) is 22.7 Å². The number of para-hydroxylation sites is 1. The molecular formula is C27H22N2O6. The summed E-state index contributed by atoms with van der Waals surface area (Å²) in [7, 11) is 4.34. The summed E-state index contributed by atoms with van der Waals surface area (Å²) in [5, 5.41) is 20.7. The number of benzene rings is 3. The number of nitriles is 1. The predicted octanol–water partition coefficient (Wildman–Crippen LogP) is 4.21. The maximum absolute atomic E-state index is 13.4. The summed E-state index contributed by atoms with van der Waals surface area (Å²) in [6.07, 6.45) is 0. The van der Waals surface area contributed by atoms with Crippen LogP contribution in [0.5, 0.6) is 17.2 Å². The summed E-state index contributed by atoms with van der Waals surface area (Å²) in [6, 6.07) is 19.1. The van der Waals surface area contributed by atoms with Crippen LogP contribution in [0.25, 0.3) is 5.76 Å². The van der Waals surface area contributed by atoms with Crippen molar-refractivity contribution in [2.45, 2.75) is 6.04 Å². The molecule has 8 nitrogen and oxygen atoms in total. The minimum absolute atomic E-state index is 0.147. The highest BCUT2D eigenvalue weighted by Gasteiger charge is 2.48. The van der Waals surface area contributed by atoms with Crippen LogP contribution in [0.2, 0.25) is 0 Å². The van der Waals surface area contributed by atoms with Gasteiger partial charge in [0, 0.05) is 11.3 Å². The van der Waals surface area contributed by atoms with E-state index in [-0.39, 0.29) is 22.6 Å². The maximum atomic E-state index is 13.4. The first-order valence-electron chi connectivity index (χ1n) is 10.6. The number of carbonyl (C=O) groups is 2. The summed E-state index contributed by atoms with van der Waals surface area (Å²) in [5.74, 6) is -1.19. The average molecular weight is 470 g/mol. The molecule has 1 amide bonds. The molecule has 0 saturated carbocycles. The molecular weight excluding hydrogens is 448 g/mol. The molecule has 1 unspecified atom stereocenters. The Kier molecular flexibility index (Phi) is 6.42. The van der Waals surface area contributed by atoms with Gasteiger partial charge in [-0.25, -0.2) is 0 Å². The van der Waals surface area contributed by atoms with E-state index in [1.165, 1.54) is 26.2 Å². The van der Waals surface area contributed by atoms with Crippen LogP contribution in [0.3, 0.4) is 0 Å². The lowest BCUT2D eigenvalue weighted by atomic mass is 9.93. The van der Waals surface area contributed by atoms with Gasteiger partial charge in [0.05, 0.1) is 44.6 Å². The van der Waals surface area contributed by atoms with Crippen LogP contribution >= 0.6 is 0 Å². The van der Waals surface area contributed by atoms with Gasteiger partial charge in [-0.05, 0) is 42.5 Å². The lowest BCUT2D eigenvalue weighted by Gasteiger charge is -2.27. The molecule has 1 heterocycles. The van der Waals surface area contributed by atoms with Crippen molar-refractivity contribution in [3.05, 3.63) is 89.0 Å². The van der Waals surface area contributed by atoms with Crippen LogP contribution in [0.4, 0.5) is 5.69 Å².